The molecule has 0 amide bonds. The molecular weight excluding hydrogens is 248 g/mol. The minimum absolute atomic E-state index is 0.126. The van der Waals surface area contributed by atoms with Crippen LogP contribution >= 0.6 is 11.8 Å². The summed E-state index contributed by atoms with van der Waals surface area (Å²) in [6.45, 7) is 3.24. The van der Waals surface area contributed by atoms with Crippen molar-refractivity contribution in [3.05, 3.63) is 29.8 Å². The molecule has 18 heavy (non-hydrogen) atoms. The van der Waals surface area contributed by atoms with Crippen molar-refractivity contribution in [2.45, 2.75) is 13.3 Å². The minimum Gasteiger partial charge on any atom is -0.493 e. The van der Waals surface area contributed by atoms with Gasteiger partial charge in [-0.1, -0.05) is 12.1 Å². The molecule has 100 valence electrons. The van der Waals surface area contributed by atoms with E-state index in [9.17, 15) is 4.79 Å². The molecule has 0 fully saturated rings. The molecule has 0 aliphatic carbocycles. The Labute approximate surface area is 113 Å². The highest BCUT2D eigenvalue weighted by Crippen LogP contribution is 2.20. The topological polar surface area (TPSA) is 35.5 Å². The van der Waals surface area contributed by atoms with Crippen LogP contribution in [0.15, 0.2) is 24.3 Å². The second-order valence-electron chi connectivity index (χ2n) is 3.75. The molecule has 3 nitrogen and oxygen atoms in total. The molecule has 1 aromatic rings. The number of ether oxygens (including phenoxy) is 2. The lowest BCUT2D eigenvalue weighted by molar-refractivity contribution is 0.101. The predicted molar refractivity (Wildman–Crippen MR) is 75.8 cm³/mol. The standard InChI is InChI=1S/C14H20O3S/c1-3-17-14-8-5-4-7-12(14)13(15)11-18-10-6-9-16-2/h4-5,7-8H,3,6,9-11H2,1-2H3. The molecule has 0 aliphatic heterocycles. The number of hydrogen-bond donors (Lipinski definition) is 0. The quantitative estimate of drug-likeness (QED) is 0.509. The summed E-state index contributed by atoms with van der Waals surface area (Å²) in [4.78, 5) is 12.0. The molecular formula is C14H20O3S. The summed E-state index contributed by atoms with van der Waals surface area (Å²) in [5.74, 6) is 2.24. The first-order valence-corrected chi connectivity index (χ1v) is 7.26. The molecule has 0 saturated heterocycles. The molecule has 0 heterocycles. The number of para-hydroxylation sites is 1. The van der Waals surface area contributed by atoms with Crippen LogP contribution in [-0.4, -0.2) is 37.6 Å². The first-order chi connectivity index (χ1) is 8.79. The SMILES string of the molecule is CCOc1ccccc1C(=O)CSCCCOC. The van der Waals surface area contributed by atoms with Gasteiger partial charge in [-0.2, -0.15) is 11.8 Å². The Balaban J connectivity index is 2.45. The molecule has 0 saturated carbocycles. The van der Waals surface area contributed by atoms with Crippen LogP contribution < -0.4 is 4.74 Å². The van der Waals surface area contributed by atoms with Gasteiger partial charge in [0.1, 0.15) is 5.75 Å². The summed E-state index contributed by atoms with van der Waals surface area (Å²) in [5.41, 5.74) is 0.679. The second-order valence-corrected chi connectivity index (χ2v) is 4.86. The Morgan fingerprint density at radius 3 is 2.83 bits per heavy atom. The fourth-order valence-electron chi connectivity index (χ4n) is 1.53. The van der Waals surface area contributed by atoms with E-state index in [1.54, 1.807) is 18.9 Å². The Kier molecular flexibility index (Phi) is 7.53. The Hall–Kier alpha value is -1.00. The highest BCUT2D eigenvalue weighted by atomic mass is 32.2. The van der Waals surface area contributed by atoms with E-state index < -0.39 is 0 Å². The van der Waals surface area contributed by atoms with Crippen molar-refractivity contribution in [1.29, 1.82) is 0 Å². The van der Waals surface area contributed by atoms with Crippen LogP contribution in [0.25, 0.3) is 0 Å². The molecule has 0 atom stereocenters. The Morgan fingerprint density at radius 1 is 1.33 bits per heavy atom. The van der Waals surface area contributed by atoms with Crippen LogP contribution in [-0.2, 0) is 4.74 Å². The Morgan fingerprint density at radius 2 is 2.11 bits per heavy atom. The zero-order valence-electron chi connectivity index (χ0n) is 11.0. The van der Waals surface area contributed by atoms with Gasteiger partial charge < -0.3 is 9.47 Å². The molecule has 0 aliphatic rings. The van der Waals surface area contributed by atoms with Gasteiger partial charge in [-0.3, -0.25) is 4.79 Å². The fourth-order valence-corrected chi connectivity index (χ4v) is 2.33. The molecule has 4 heteroatoms. The number of methoxy groups -OCH3 is 1. The maximum Gasteiger partial charge on any atom is 0.176 e. The molecule has 0 N–H and O–H groups in total. The van der Waals surface area contributed by atoms with Crippen LogP contribution in [0.1, 0.15) is 23.7 Å². The Bertz CT molecular complexity index is 366. The van der Waals surface area contributed by atoms with E-state index in [0.717, 1.165) is 18.8 Å². The third kappa shape index (κ3) is 5.10. The summed E-state index contributed by atoms with van der Waals surface area (Å²) in [6.07, 6.45) is 0.974. The van der Waals surface area contributed by atoms with Crippen LogP contribution in [0.2, 0.25) is 0 Å². The van der Waals surface area contributed by atoms with Gasteiger partial charge in [-0.25, -0.2) is 0 Å². The average Bonchev–Trinajstić information content (AvgIpc) is 2.39. The van der Waals surface area contributed by atoms with E-state index in [-0.39, 0.29) is 5.78 Å². The number of carbonyl (C=O) groups excluding carboxylic acids is 1. The summed E-state index contributed by atoms with van der Waals surface area (Å²) in [6, 6.07) is 7.41. The molecule has 0 unspecified atom stereocenters. The lowest BCUT2D eigenvalue weighted by atomic mass is 10.1. The summed E-state index contributed by atoms with van der Waals surface area (Å²) < 4.78 is 10.4. The van der Waals surface area contributed by atoms with E-state index in [1.807, 2.05) is 31.2 Å². The van der Waals surface area contributed by atoms with Crippen molar-refractivity contribution >= 4 is 17.5 Å². The van der Waals surface area contributed by atoms with E-state index >= 15 is 0 Å². The number of rotatable bonds is 9. The lowest BCUT2D eigenvalue weighted by Gasteiger charge is -2.08. The fraction of sp³-hybridized carbons (Fsp3) is 0.500. The van der Waals surface area contributed by atoms with Crippen molar-refractivity contribution in [1.82, 2.24) is 0 Å². The van der Waals surface area contributed by atoms with E-state index in [0.29, 0.717) is 23.7 Å². The van der Waals surface area contributed by atoms with E-state index in [2.05, 4.69) is 0 Å². The van der Waals surface area contributed by atoms with Gasteiger partial charge in [-0.15, -0.1) is 0 Å². The van der Waals surface area contributed by atoms with Gasteiger partial charge in [-0.05, 0) is 31.2 Å². The largest absolute Gasteiger partial charge is 0.493 e. The van der Waals surface area contributed by atoms with Gasteiger partial charge >= 0.3 is 0 Å². The smallest absolute Gasteiger partial charge is 0.176 e. The first kappa shape index (κ1) is 15.1. The highest BCUT2D eigenvalue weighted by molar-refractivity contribution is 7.99. The monoisotopic (exact) mass is 268 g/mol. The first-order valence-electron chi connectivity index (χ1n) is 6.11. The van der Waals surface area contributed by atoms with Gasteiger partial charge in [0.15, 0.2) is 5.78 Å². The van der Waals surface area contributed by atoms with Crippen molar-refractivity contribution in [2.75, 3.05) is 31.8 Å². The zero-order chi connectivity index (χ0) is 13.2. The van der Waals surface area contributed by atoms with Crippen molar-refractivity contribution in [2.24, 2.45) is 0 Å². The molecule has 1 rings (SSSR count). The molecule has 0 bridgehead atoms. The summed E-state index contributed by atoms with van der Waals surface area (Å²) in [5, 5.41) is 0. The number of ketones is 1. The van der Waals surface area contributed by atoms with Gasteiger partial charge in [0.05, 0.1) is 17.9 Å². The average molecular weight is 268 g/mol. The molecule has 0 aromatic heterocycles. The summed E-state index contributed by atoms with van der Waals surface area (Å²) in [7, 11) is 1.69. The number of Topliss-reactive ketones (excluding diaryl/α,β-unsaturated/α-hetero) is 1. The van der Waals surface area contributed by atoms with E-state index in [1.165, 1.54) is 0 Å². The highest BCUT2D eigenvalue weighted by Gasteiger charge is 2.11. The van der Waals surface area contributed by atoms with Crippen LogP contribution in [0.4, 0.5) is 0 Å². The lowest BCUT2D eigenvalue weighted by Crippen LogP contribution is -2.07. The normalized spacial score (nSPS) is 10.3. The third-order valence-electron chi connectivity index (χ3n) is 2.36. The number of hydrogen-bond acceptors (Lipinski definition) is 4. The molecule has 0 spiro atoms. The second kappa shape index (κ2) is 9.00. The van der Waals surface area contributed by atoms with Crippen LogP contribution in [0.3, 0.4) is 0 Å². The molecule has 1 aromatic carbocycles. The minimum atomic E-state index is 0.126. The van der Waals surface area contributed by atoms with Crippen LogP contribution in [0.5, 0.6) is 5.75 Å². The van der Waals surface area contributed by atoms with Crippen molar-refractivity contribution < 1.29 is 14.3 Å². The maximum atomic E-state index is 12.0. The van der Waals surface area contributed by atoms with E-state index in [4.69, 9.17) is 9.47 Å². The number of benzene rings is 1. The van der Waals surface area contributed by atoms with Gasteiger partial charge in [0.2, 0.25) is 0 Å². The zero-order valence-corrected chi connectivity index (χ0v) is 11.8. The number of carbonyl (C=O) groups is 1. The summed E-state index contributed by atoms with van der Waals surface area (Å²) >= 11 is 1.64. The predicted octanol–water partition coefficient (Wildman–Crippen LogP) is 3.04. The van der Waals surface area contributed by atoms with Crippen molar-refractivity contribution in [3.63, 3.8) is 0 Å². The molecule has 0 radical (unpaired) electrons. The number of thioether (sulfide) groups is 1. The third-order valence-corrected chi connectivity index (χ3v) is 3.40. The maximum absolute atomic E-state index is 12.0. The van der Waals surface area contributed by atoms with Gasteiger partial charge in [0.25, 0.3) is 0 Å². The van der Waals surface area contributed by atoms with Crippen molar-refractivity contribution in [3.8, 4) is 5.75 Å². The van der Waals surface area contributed by atoms with Gasteiger partial charge in [0, 0.05) is 13.7 Å². The van der Waals surface area contributed by atoms with Crippen LogP contribution in [0, 0.1) is 0 Å².